The molecule has 1 aliphatic rings. The first kappa shape index (κ1) is 16.7. The van der Waals surface area contributed by atoms with Crippen molar-refractivity contribution in [3.63, 3.8) is 0 Å². The van der Waals surface area contributed by atoms with E-state index < -0.39 is 0 Å². The van der Waals surface area contributed by atoms with Gasteiger partial charge in [0.05, 0.1) is 16.6 Å². The van der Waals surface area contributed by atoms with Gasteiger partial charge in [0, 0.05) is 12.3 Å². The molecule has 0 radical (unpaired) electrons. The number of para-hydroxylation sites is 2. The molecular weight excluding hydrogens is 352 g/mol. The topological polar surface area (TPSA) is 79.3 Å². The van der Waals surface area contributed by atoms with Crippen LogP contribution in [-0.4, -0.2) is 20.3 Å². The second-order valence-corrected chi connectivity index (χ2v) is 7.60. The summed E-state index contributed by atoms with van der Waals surface area (Å²) in [6.07, 6.45) is 0.245. The third-order valence-electron chi connectivity index (χ3n) is 5.51. The normalized spacial score (nSPS) is 16.5. The minimum Gasteiger partial charge on any atom is -0.311 e. The Bertz CT molecular complexity index is 1280. The van der Waals surface area contributed by atoms with Gasteiger partial charge in [-0.3, -0.25) is 19.0 Å². The number of aromatic nitrogens is 3. The summed E-state index contributed by atoms with van der Waals surface area (Å²) in [6, 6.07) is 15.8. The van der Waals surface area contributed by atoms with Crippen molar-refractivity contribution in [3.05, 3.63) is 75.6 Å². The Morgan fingerprint density at radius 1 is 1.07 bits per heavy atom. The van der Waals surface area contributed by atoms with Crippen molar-refractivity contribution in [2.45, 2.75) is 32.1 Å². The summed E-state index contributed by atoms with van der Waals surface area (Å²) in [5.74, 6) is 0.980. The Morgan fingerprint density at radius 3 is 2.57 bits per heavy atom. The highest BCUT2D eigenvalue weighted by Crippen LogP contribution is 2.36. The van der Waals surface area contributed by atoms with Crippen LogP contribution in [0.15, 0.2) is 53.3 Å². The maximum Gasteiger partial charge on any atom is 0.258 e. The zero-order chi connectivity index (χ0) is 19.4. The number of fused-ring (bicyclic) bond motifs is 5. The number of nitrogens with one attached hydrogen (secondary N) is 2. The van der Waals surface area contributed by atoms with E-state index in [0.29, 0.717) is 23.1 Å². The largest absolute Gasteiger partial charge is 0.311 e. The van der Waals surface area contributed by atoms with Crippen LogP contribution in [0.25, 0.3) is 16.8 Å². The molecule has 1 amide bonds. The highest BCUT2D eigenvalue weighted by molar-refractivity contribution is 5.96. The lowest BCUT2D eigenvalue weighted by Crippen LogP contribution is -2.32. The molecule has 2 aromatic carbocycles. The van der Waals surface area contributed by atoms with E-state index in [4.69, 9.17) is 0 Å². The van der Waals surface area contributed by atoms with E-state index >= 15 is 0 Å². The van der Waals surface area contributed by atoms with Gasteiger partial charge in [-0.25, -0.2) is 4.98 Å². The summed E-state index contributed by atoms with van der Waals surface area (Å²) in [5.41, 5.74) is 4.18. The standard InChI is InChI=1S/C22H20N4O2/c1-12(2)13-7-9-14(10-8-13)15-11-18(27)24-20-19(15)21(28)25-22-23-16-5-3-4-6-17(16)26(20)22/h3-10,12,15H,11H2,1-2H3,(H,24,27)(H,23,25,28)/t15-/m1/s1. The predicted octanol–water partition coefficient (Wildman–Crippen LogP) is 3.77. The lowest BCUT2D eigenvalue weighted by molar-refractivity contribution is -0.116. The van der Waals surface area contributed by atoms with Crippen LogP contribution in [0.5, 0.6) is 0 Å². The van der Waals surface area contributed by atoms with Crippen molar-refractivity contribution >= 4 is 28.5 Å². The van der Waals surface area contributed by atoms with Gasteiger partial charge < -0.3 is 5.32 Å². The summed E-state index contributed by atoms with van der Waals surface area (Å²) in [7, 11) is 0. The number of nitrogens with zero attached hydrogens (tertiary/aromatic N) is 2. The molecule has 1 aliphatic heterocycles. The number of carbonyl (C=O) groups is 1. The molecule has 3 heterocycles. The minimum absolute atomic E-state index is 0.102. The molecule has 0 bridgehead atoms. The van der Waals surface area contributed by atoms with Crippen LogP contribution in [0, 0.1) is 0 Å². The van der Waals surface area contributed by atoms with E-state index in [1.165, 1.54) is 5.56 Å². The van der Waals surface area contributed by atoms with Gasteiger partial charge >= 0.3 is 0 Å². The second-order valence-electron chi connectivity index (χ2n) is 7.60. The fourth-order valence-electron chi connectivity index (χ4n) is 4.05. The molecule has 4 aromatic rings. The number of hydrogen-bond acceptors (Lipinski definition) is 3. The summed E-state index contributed by atoms with van der Waals surface area (Å²) in [6.45, 7) is 4.29. The van der Waals surface area contributed by atoms with E-state index in [1.807, 2.05) is 40.8 Å². The summed E-state index contributed by atoms with van der Waals surface area (Å²) in [4.78, 5) is 32.9. The average Bonchev–Trinajstić information content (AvgIpc) is 3.05. The monoisotopic (exact) mass is 372 g/mol. The van der Waals surface area contributed by atoms with Gasteiger partial charge in [0.1, 0.15) is 5.82 Å². The maximum absolute atomic E-state index is 13.0. The minimum atomic E-state index is -0.292. The number of rotatable bonds is 2. The molecule has 0 spiro atoms. The quantitative estimate of drug-likeness (QED) is 0.562. The predicted molar refractivity (Wildman–Crippen MR) is 109 cm³/mol. The molecule has 1 atom stereocenters. The van der Waals surface area contributed by atoms with E-state index in [1.54, 1.807) is 0 Å². The van der Waals surface area contributed by atoms with Crippen LogP contribution in [0.2, 0.25) is 0 Å². The van der Waals surface area contributed by atoms with Gasteiger partial charge in [0.15, 0.2) is 0 Å². The van der Waals surface area contributed by atoms with Gasteiger partial charge in [-0.1, -0.05) is 50.2 Å². The Labute approximate surface area is 161 Å². The number of imidazole rings is 1. The fourth-order valence-corrected chi connectivity index (χ4v) is 4.05. The van der Waals surface area contributed by atoms with Crippen molar-refractivity contribution in [1.29, 1.82) is 0 Å². The Balaban J connectivity index is 1.77. The van der Waals surface area contributed by atoms with Crippen LogP contribution in [-0.2, 0) is 4.79 Å². The smallest absolute Gasteiger partial charge is 0.258 e. The van der Waals surface area contributed by atoms with E-state index in [9.17, 15) is 9.59 Å². The maximum atomic E-state index is 13.0. The van der Waals surface area contributed by atoms with Crippen molar-refractivity contribution in [2.75, 3.05) is 5.32 Å². The Hall–Kier alpha value is -3.41. The average molecular weight is 372 g/mol. The summed E-state index contributed by atoms with van der Waals surface area (Å²) < 4.78 is 1.83. The number of hydrogen-bond donors (Lipinski definition) is 2. The van der Waals surface area contributed by atoms with Crippen LogP contribution >= 0.6 is 0 Å². The van der Waals surface area contributed by atoms with Gasteiger partial charge in [0.2, 0.25) is 11.7 Å². The molecule has 0 fully saturated rings. The van der Waals surface area contributed by atoms with Gasteiger partial charge in [-0.2, -0.15) is 0 Å². The second kappa shape index (κ2) is 6.05. The molecule has 0 saturated carbocycles. The van der Waals surface area contributed by atoms with E-state index in [2.05, 4.69) is 41.3 Å². The Morgan fingerprint density at radius 2 is 1.82 bits per heavy atom. The molecule has 6 heteroatoms. The molecule has 0 unspecified atom stereocenters. The number of aromatic amines is 1. The van der Waals surface area contributed by atoms with Crippen molar-refractivity contribution < 1.29 is 4.79 Å². The molecule has 28 heavy (non-hydrogen) atoms. The van der Waals surface area contributed by atoms with Gasteiger partial charge in [0.25, 0.3) is 5.56 Å². The zero-order valence-electron chi connectivity index (χ0n) is 15.7. The van der Waals surface area contributed by atoms with E-state index in [-0.39, 0.29) is 23.8 Å². The summed E-state index contributed by atoms with van der Waals surface area (Å²) >= 11 is 0. The molecule has 0 aliphatic carbocycles. The van der Waals surface area contributed by atoms with Gasteiger partial charge in [-0.05, 0) is 29.2 Å². The summed E-state index contributed by atoms with van der Waals surface area (Å²) in [5, 5.41) is 2.92. The van der Waals surface area contributed by atoms with Crippen LogP contribution in [0.3, 0.4) is 0 Å². The fraction of sp³-hybridized carbons (Fsp3) is 0.227. The first-order chi connectivity index (χ1) is 13.5. The molecule has 5 rings (SSSR count). The molecule has 140 valence electrons. The first-order valence-electron chi connectivity index (χ1n) is 9.46. The number of anilines is 1. The SMILES string of the molecule is CC(C)c1ccc([C@H]2CC(=O)Nc3c2c(=O)[nH]c2nc4ccccc4n32)cc1. The zero-order valence-corrected chi connectivity index (χ0v) is 15.7. The lowest BCUT2D eigenvalue weighted by atomic mass is 9.86. The lowest BCUT2D eigenvalue weighted by Gasteiger charge is -2.26. The number of amides is 1. The molecule has 0 saturated heterocycles. The highest BCUT2D eigenvalue weighted by atomic mass is 16.2. The first-order valence-corrected chi connectivity index (χ1v) is 9.46. The van der Waals surface area contributed by atoms with Crippen molar-refractivity contribution in [2.24, 2.45) is 0 Å². The van der Waals surface area contributed by atoms with Crippen molar-refractivity contribution in [1.82, 2.24) is 14.4 Å². The molecule has 2 aromatic heterocycles. The third-order valence-corrected chi connectivity index (χ3v) is 5.51. The van der Waals surface area contributed by atoms with Gasteiger partial charge in [-0.15, -0.1) is 0 Å². The van der Waals surface area contributed by atoms with Crippen molar-refractivity contribution in [3.8, 4) is 0 Å². The molecular formula is C22H20N4O2. The van der Waals surface area contributed by atoms with Crippen LogP contribution in [0.4, 0.5) is 5.82 Å². The number of H-pyrrole nitrogens is 1. The van der Waals surface area contributed by atoms with Crippen LogP contribution < -0.4 is 10.9 Å². The number of benzene rings is 2. The Kier molecular flexibility index (Phi) is 3.62. The van der Waals surface area contributed by atoms with E-state index in [0.717, 1.165) is 16.6 Å². The molecule has 2 N–H and O–H groups in total. The molecule has 6 nitrogen and oxygen atoms in total. The van der Waals surface area contributed by atoms with Crippen LogP contribution in [0.1, 0.15) is 48.8 Å². The highest BCUT2D eigenvalue weighted by Gasteiger charge is 2.32. The number of carbonyl (C=O) groups excluding carboxylic acids is 1. The third kappa shape index (κ3) is 2.45.